The summed E-state index contributed by atoms with van der Waals surface area (Å²) in [7, 11) is 0. The molecule has 0 aromatic carbocycles. The van der Waals surface area contributed by atoms with Crippen molar-refractivity contribution in [3.63, 3.8) is 0 Å². The number of anilines is 1. The maximum absolute atomic E-state index is 12.2. The third-order valence-electron chi connectivity index (χ3n) is 2.16. The highest BCUT2D eigenvalue weighted by Gasteiger charge is 2.12. The molecule has 1 heterocycles. The van der Waals surface area contributed by atoms with E-state index in [1.165, 1.54) is 6.08 Å². The number of nitrogens with two attached hydrogens (primary N) is 1. The van der Waals surface area contributed by atoms with E-state index in [1.807, 2.05) is 19.9 Å². The summed E-state index contributed by atoms with van der Waals surface area (Å²) in [6.07, 6.45) is 5.41. The number of allylic oxidation sites excluding steroid dienone is 1. The fourth-order valence-electron chi connectivity index (χ4n) is 1.46. The van der Waals surface area contributed by atoms with E-state index in [4.69, 9.17) is 5.73 Å². The van der Waals surface area contributed by atoms with Crippen LogP contribution in [-0.4, -0.2) is 4.98 Å². The highest BCUT2D eigenvalue weighted by Crippen LogP contribution is 2.26. The normalized spacial score (nSPS) is 13.7. The molecule has 0 spiro atoms. The molecule has 2 N–H and O–H groups in total. The van der Waals surface area contributed by atoms with Gasteiger partial charge in [0.15, 0.2) is 0 Å². The van der Waals surface area contributed by atoms with Crippen LogP contribution in [0.5, 0.6) is 0 Å². The van der Waals surface area contributed by atoms with E-state index >= 15 is 0 Å². The Bertz CT molecular complexity index is 321. The first-order valence-corrected chi connectivity index (χ1v) is 4.62. The van der Waals surface area contributed by atoms with Gasteiger partial charge in [0.2, 0.25) is 0 Å². The van der Waals surface area contributed by atoms with Crippen molar-refractivity contribution in [2.75, 3.05) is 5.73 Å². The van der Waals surface area contributed by atoms with E-state index in [0.29, 0.717) is 17.9 Å². The minimum absolute atomic E-state index is 0.0380. The van der Waals surface area contributed by atoms with Crippen molar-refractivity contribution in [1.29, 1.82) is 0 Å². The van der Waals surface area contributed by atoms with E-state index in [1.54, 1.807) is 12.4 Å². The quantitative estimate of drug-likeness (QED) is 0.803. The molecule has 1 aromatic heterocycles. The molecular weight excluding hydrogens is 179 g/mol. The van der Waals surface area contributed by atoms with Crippen molar-refractivity contribution in [2.45, 2.75) is 19.8 Å². The first kappa shape index (κ1) is 10.7. The second kappa shape index (κ2) is 4.74. The molecule has 0 aliphatic carbocycles. The van der Waals surface area contributed by atoms with E-state index in [2.05, 4.69) is 4.98 Å². The number of hydrogen-bond acceptors (Lipinski definition) is 2. The Labute approximate surface area is 83.7 Å². The summed E-state index contributed by atoms with van der Waals surface area (Å²) in [4.78, 5) is 3.99. The van der Waals surface area contributed by atoms with Gasteiger partial charge in [-0.3, -0.25) is 4.98 Å². The van der Waals surface area contributed by atoms with Crippen LogP contribution in [-0.2, 0) is 0 Å². The van der Waals surface area contributed by atoms with Gasteiger partial charge in [-0.2, -0.15) is 0 Å². The Balaban J connectivity index is 2.99. The Morgan fingerprint density at radius 3 is 2.64 bits per heavy atom. The second-order valence-corrected chi connectivity index (χ2v) is 3.64. The van der Waals surface area contributed by atoms with Crippen LogP contribution < -0.4 is 5.73 Å². The molecule has 0 fully saturated rings. The lowest BCUT2D eigenvalue weighted by molar-refractivity contribution is 0.566. The fourth-order valence-corrected chi connectivity index (χ4v) is 1.46. The Morgan fingerprint density at radius 2 is 2.14 bits per heavy atom. The Morgan fingerprint density at radius 1 is 1.43 bits per heavy atom. The van der Waals surface area contributed by atoms with Crippen molar-refractivity contribution >= 4 is 5.69 Å². The van der Waals surface area contributed by atoms with Gasteiger partial charge in [-0.1, -0.05) is 13.8 Å². The van der Waals surface area contributed by atoms with Gasteiger partial charge in [-0.15, -0.1) is 0 Å². The van der Waals surface area contributed by atoms with Gasteiger partial charge in [0.1, 0.15) is 0 Å². The zero-order chi connectivity index (χ0) is 10.6. The van der Waals surface area contributed by atoms with E-state index in [0.717, 1.165) is 5.56 Å². The zero-order valence-corrected chi connectivity index (χ0v) is 8.44. The number of rotatable bonds is 3. The van der Waals surface area contributed by atoms with E-state index in [-0.39, 0.29) is 5.92 Å². The number of aromatic nitrogens is 1. The average molecular weight is 194 g/mol. The summed E-state index contributed by atoms with van der Waals surface area (Å²) < 4.78 is 12.2. The summed E-state index contributed by atoms with van der Waals surface area (Å²) in [6, 6.07) is 1.83. The van der Waals surface area contributed by atoms with Crippen LogP contribution in [0.3, 0.4) is 0 Å². The monoisotopic (exact) mass is 194 g/mol. The number of nitrogen functional groups attached to an aromatic ring is 1. The smallest absolute Gasteiger partial charge is 0.0833 e. The zero-order valence-electron chi connectivity index (χ0n) is 8.44. The van der Waals surface area contributed by atoms with Crippen LogP contribution in [0.25, 0.3) is 0 Å². The maximum Gasteiger partial charge on any atom is 0.0833 e. The SMILES string of the molecule is CC(C)[C@H](/C=C/F)c1cncc(N)c1. The first-order valence-electron chi connectivity index (χ1n) is 4.62. The Hall–Kier alpha value is -1.38. The van der Waals surface area contributed by atoms with E-state index in [9.17, 15) is 4.39 Å². The standard InChI is InChI=1S/C11H15FN2/c1-8(2)11(3-4-12)9-5-10(13)7-14-6-9/h3-8,11H,13H2,1-2H3/b4-3+/t11-/m0/s1. The molecule has 1 atom stereocenters. The van der Waals surface area contributed by atoms with Crippen molar-refractivity contribution in [3.8, 4) is 0 Å². The number of hydrogen-bond donors (Lipinski definition) is 1. The lowest BCUT2D eigenvalue weighted by atomic mass is 9.89. The lowest BCUT2D eigenvalue weighted by Crippen LogP contribution is -2.04. The van der Waals surface area contributed by atoms with Gasteiger partial charge in [0.05, 0.1) is 12.0 Å². The molecule has 0 saturated carbocycles. The van der Waals surface area contributed by atoms with Crippen LogP contribution in [0.1, 0.15) is 25.3 Å². The molecule has 1 rings (SSSR count). The molecule has 2 nitrogen and oxygen atoms in total. The molecule has 3 heteroatoms. The third-order valence-corrected chi connectivity index (χ3v) is 2.16. The lowest BCUT2D eigenvalue weighted by Gasteiger charge is -2.16. The summed E-state index contributed by atoms with van der Waals surface area (Å²) in [6.45, 7) is 4.07. The molecule has 0 saturated heterocycles. The molecule has 0 aliphatic heterocycles. The van der Waals surface area contributed by atoms with Crippen molar-refractivity contribution in [1.82, 2.24) is 4.98 Å². The molecule has 76 valence electrons. The van der Waals surface area contributed by atoms with Gasteiger partial charge in [0.25, 0.3) is 0 Å². The van der Waals surface area contributed by atoms with Crippen LogP contribution in [0, 0.1) is 5.92 Å². The third kappa shape index (κ3) is 2.55. The van der Waals surface area contributed by atoms with Crippen LogP contribution in [0.4, 0.5) is 10.1 Å². The van der Waals surface area contributed by atoms with Crippen molar-refractivity contribution in [3.05, 3.63) is 36.4 Å². The van der Waals surface area contributed by atoms with Crippen molar-refractivity contribution in [2.24, 2.45) is 5.92 Å². The molecule has 0 aliphatic rings. The molecule has 0 unspecified atom stereocenters. The largest absolute Gasteiger partial charge is 0.397 e. The van der Waals surface area contributed by atoms with Crippen LogP contribution >= 0.6 is 0 Å². The number of pyridine rings is 1. The summed E-state index contributed by atoms with van der Waals surface area (Å²) in [5.41, 5.74) is 7.18. The molecule has 0 bridgehead atoms. The highest BCUT2D eigenvalue weighted by molar-refractivity contribution is 5.39. The van der Waals surface area contributed by atoms with Gasteiger partial charge in [-0.05, 0) is 23.6 Å². The van der Waals surface area contributed by atoms with Crippen LogP contribution in [0.15, 0.2) is 30.9 Å². The minimum Gasteiger partial charge on any atom is -0.397 e. The van der Waals surface area contributed by atoms with Gasteiger partial charge >= 0.3 is 0 Å². The van der Waals surface area contributed by atoms with Gasteiger partial charge < -0.3 is 5.73 Å². The molecule has 1 aromatic rings. The molecule has 14 heavy (non-hydrogen) atoms. The fraction of sp³-hybridized carbons (Fsp3) is 0.364. The molecule has 0 radical (unpaired) electrons. The Kier molecular flexibility index (Phi) is 3.63. The van der Waals surface area contributed by atoms with Crippen LogP contribution in [0.2, 0.25) is 0 Å². The van der Waals surface area contributed by atoms with Gasteiger partial charge in [0, 0.05) is 18.3 Å². The van der Waals surface area contributed by atoms with Gasteiger partial charge in [-0.25, -0.2) is 4.39 Å². The predicted molar refractivity (Wildman–Crippen MR) is 56.5 cm³/mol. The first-order chi connectivity index (χ1) is 6.65. The van der Waals surface area contributed by atoms with E-state index < -0.39 is 0 Å². The molecule has 0 amide bonds. The molecular formula is C11H15FN2. The topological polar surface area (TPSA) is 38.9 Å². The second-order valence-electron chi connectivity index (χ2n) is 3.64. The van der Waals surface area contributed by atoms with Crippen molar-refractivity contribution < 1.29 is 4.39 Å². The summed E-state index contributed by atoms with van der Waals surface area (Å²) >= 11 is 0. The minimum atomic E-state index is 0.0380. The summed E-state index contributed by atoms with van der Waals surface area (Å²) in [5, 5.41) is 0. The number of halogens is 1. The average Bonchev–Trinajstić information content (AvgIpc) is 2.13. The summed E-state index contributed by atoms with van der Waals surface area (Å²) in [5.74, 6) is 0.363. The predicted octanol–water partition coefficient (Wildman–Crippen LogP) is 2.89. The highest BCUT2D eigenvalue weighted by atomic mass is 19.1. The maximum atomic E-state index is 12.2. The number of nitrogens with zero attached hydrogens (tertiary/aromatic N) is 1.